The van der Waals surface area contributed by atoms with Crippen LogP contribution in [0.25, 0.3) is 0 Å². The maximum Gasteiger partial charge on any atom is 0.262 e. The molecule has 2 aromatic carbocycles. The molecule has 0 saturated carbocycles. The van der Waals surface area contributed by atoms with E-state index < -0.39 is 20.0 Å². The van der Waals surface area contributed by atoms with Crippen molar-refractivity contribution in [3.05, 3.63) is 47.5 Å². The van der Waals surface area contributed by atoms with Crippen molar-refractivity contribution in [2.75, 3.05) is 28.4 Å². The highest BCUT2D eigenvalue weighted by Crippen LogP contribution is 2.34. The summed E-state index contributed by atoms with van der Waals surface area (Å²) >= 11 is 5.86. The molecule has 140 valence electrons. The Morgan fingerprint density at radius 2 is 1.96 bits per heavy atom. The van der Waals surface area contributed by atoms with Gasteiger partial charge in [0.1, 0.15) is 5.75 Å². The molecule has 1 aliphatic rings. The number of benzene rings is 2. The Bertz CT molecular complexity index is 1040. The van der Waals surface area contributed by atoms with Crippen molar-refractivity contribution in [3.8, 4) is 5.75 Å². The van der Waals surface area contributed by atoms with Crippen molar-refractivity contribution in [3.63, 3.8) is 0 Å². The molecule has 1 N–H and O–H groups in total. The van der Waals surface area contributed by atoms with Crippen molar-refractivity contribution in [2.45, 2.75) is 11.3 Å². The number of hydrogen-bond donors (Lipinski definition) is 1. The number of ether oxygens (including phenoxy) is 1. The molecule has 0 radical (unpaired) electrons. The van der Waals surface area contributed by atoms with E-state index in [-0.39, 0.29) is 27.1 Å². The zero-order valence-electron chi connectivity index (χ0n) is 13.8. The maximum absolute atomic E-state index is 12.6. The lowest BCUT2D eigenvalue weighted by Gasteiger charge is -2.19. The van der Waals surface area contributed by atoms with Gasteiger partial charge in [0, 0.05) is 11.6 Å². The first-order valence-corrected chi connectivity index (χ1v) is 11.2. The second kappa shape index (κ2) is 6.98. The zero-order valence-corrected chi connectivity index (χ0v) is 16.2. The van der Waals surface area contributed by atoms with Gasteiger partial charge >= 0.3 is 0 Å². The average molecular weight is 417 g/mol. The van der Waals surface area contributed by atoms with Crippen molar-refractivity contribution in [2.24, 2.45) is 0 Å². The highest BCUT2D eigenvalue weighted by atomic mass is 35.5. The molecule has 2 aromatic rings. The monoisotopic (exact) mass is 416 g/mol. The fraction of sp³-hybridized carbons (Fsp3) is 0.250. The van der Waals surface area contributed by atoms with E-state index in [1.54, 1.807) is 12.1 Å². The number of nitrogens with one attached hydrogen (secondary N) is 1. The molecule has 0 spiro atoms. The number of sulfonamides is 2. The van der Waals surface area contributed by atoms with Crippen LogP contribution in [0.4, 0.5) is 11.4 Å². The predicted molar refractivity (Wildman–Crippen MR) is 101 cm³/mol. The maximum atomic E-state index is 12.6. The van der Waals surface area contributed by atoms with Crippen molar-refractivity contribution < 1.29 is 21.6 Å². The Morgan fingerprint density at radius 1 is 1.19 bits per heavy atom. The molecule has 3 rings (SSSR count). The number of rotatable bonds is 5. The average Bonchev–Trinajstić information content (AvgIpc) is 2.93. The van der Waals surface area contributed by atoms with Gasteiger partial charge in [-0.2, -0.15) is 0 Å². The third-order valence-electron chi connectivity index (χ3n) is 3.92. The third-order valence-corrected chi connectivity index (χ3v) is 7.39. The molecular formula is C16H17ClN2O5S2. The van der Waals surface area contributed by atoms with Gasteiger partial charge in [0.05, 0.1) is 29.1 Å². The summed E-state index contributed by atoms with van der Waals surface area (Å²) in [5.41, 5.74) is 0.527. The zero-order chi connectivity index (χ0) is 18.9. The van der Waals surface area contributed by atoms with Crippen LogP contribution in [-0.4, -0.2) is 36.2 Å². The van der Waals surface area contributed by atoms with Crippen LogP contribution < -0.4 is 13.8 Å². The molecule has 1 saturated heterocycles. The fourth-order valence-corrected chi connectivity index (χ4v) is 5.62. The molecular weight excluding hydrogens is 400 g/mol. The first-order valence-electron chi connectivity index (χ1n) is 7.70. The first-order chi connectivity index (χ1) is 12.2. The largest absolute Gasteiger partial charge is 0.495 e. The van der Waals surface area contributed by atoms with E-state index >= 15 is 0 Å². The predicted octanol–water partition coefficient (Wildman–Crippen LogP) is 2.69. The van der Waals surface area contributed by atoms with Gasteiger partial charge in [0.25, 0.3) is 10.0 Å². The quantitative estimate of drug-likeness (QED) is 0.808. The van der Waals surface area contributed by atoms with E-state index in [9.17, 15) is 16.8 Å². The molecule has 0 bridgehead atoms. The summed E-state index contributed by atoms with van der Waals surface area (Å²) in [6.45, 7) is 0.356. The van der Waals surface area contributed by atoms with Crippen LogP contribution >= 0.6 is 11.6 Å². The smallest absolute Gasteiger partial charge is 0.262 e. The number of hydrogen-bond acceptors (Lipinski definition) is 5. The van der Waals surface area contributed by atoms with Gasteiger partial charge < -0.3 is 4.74 Å². The van der Waals surface area contributed by atoms with Gasteiger partial charge in [-0.05, 0) is 42.8 Å². The van der Waals surface area contributed by atoms with E-state index in [4.69, 9.17) is 16.3 Å². The minimum absolute atomic E-state index is 0.00810. The van der Waals surface area contributed by atoms with Crippen LogP contribution in [0.15, 0.2) is 47.4 Å². The van der Waals surface area contributed by atoms with Crippen molar-refractivity contribution in [1.29, 1.82) is 0 Å². The highest BCUT2D eigenvalue weighted by Gasteiger charge is 2.29. The van der Waals surface area contributed by atoms with Gasteiger partial charge in [0.2, 0.25) is 10.0 Å². The van der Waals surface area contributed by atoms with Gasteiger partial charge in [0.15, 0.2) is 0 Å². The number of anilines is 2. The van der Waals surface area contributed by atoms with Gasteiger partial charge in [-0.3, -0.25) is 9.03 Å². The molecule has 10 heteroatoms. The molecule has 1 aliphatic heterocycles. The minimum atomic E-state index is -3.92. The van der Waals surface area contributed by atoms with Gasteiger partial charge in [-0.15, -0.1) is 0 Å². The summed E-state index contributed by atoms with van der Waals surface area (Å²) in [5, 5.41) is 0.289. The molecule has 0 amide bonds. The van der Waals surface area contributed by atoms with E-state index in [2.05, 4.69) is 4.72 Å². The van der Waals surface area contributed by atoms with Gasteiger partial charge in [-0.25, -0.2) is 16.8 Å². The second-order valence-corrected chi connectivity index (χ2v) is 9.82. The Balaban J connectivity index is 2.00. The van der Waals surface area contributed by atoms with Crippen LogP contribution in [0.2, 0.25) is 5.02 Å². The standard InChI is InChI=1S/C16H17ClN2O5S2/c1-24-16-7-6-13(19-8-3-9-25(19,20)21)11-15(16)18-26(22,23)14-5-2-4-12(17)10-14/h2,4-7,10-11,18H,3,8-9H2,1H3. The number of nitrogens with zero attached hydrogens (tertiary/aromatic N) is 1. The summed E-state index contributed by atoms with van der Waals surface area (Å²) in [7, 11) is -5.90. The Kier molecular flexibility index (Phi) is 5.05. The van der Waals surface area contributed by atoms with E-state index in [0.29, 0.717) is 18.7 Å². The second-order valence-electron chi connectivity index (χ2n) is 5.69. The molecule has 1 fully saturated rings. The fourth-order valence-electron chi connectivity index (χ4n) is 2.70. The van der Waals surface area contributed by atoms with Crippen molar-refractivity contribution in [1.82, 2.24) is 0 Å². The summed E-state index contributed by atoms with van der Waals surface area (Å²) in [6.07, 6.45) is 0.526. The summed E-state index contributed by atoms with van der Waals surface area (Å²) in [5.74, 6) is 0.346. The highest BCUT2D eigenvalue weighted by molar-refractivity contribution is 7.93. The van der Waals surface area contributed by atoms with E-state index in [1.165, 1.54) is 41.7 Å². The molecule has 0 unspecified atom stereocenters. The SMILES string of the molecule is COc1ccc(N2CCCS2(=O)=O)cc1NS(=O)(=O)c1cccc(Cl)c1. The van der Waals surface area contributed by atoms with E-state index in [0.717, 1.165) is 0 Å². The molecule has 1 heterocycles. The summed E-state index contributed by atoms with van der Waals surface area (Å²) < 4.78 is 58.4. The molecule has 0 aliphatic carbocycles. The minimum Gasteiger partial charge on any atom is -0.495 e. The molecule has 7 nitrogen and oxygen atoms in total. The Morgan fingerprint density at radius 3 is 2.58 bits per heavy atom. The molecule has 0 aromatic heterocycles. The first kappa shape index (κ1) is 18.8. The third kappa shape index (κ3) is 3.74. The number of methoxy groups -OCH3 is 1. The summed E-state index contributed by atoms with van der Waals surface area (Å²) in [4.78, 5) is -0.00810. The van der Waals surface area contributed by atoms with Crippen LogP contribution in [0.3, 0.4) is 0 Å². The molecule has 0 atom stereocenters. The summed E-state index contributed by atoms with van der Waals surface area (Å²) in [6, 6.07) is 10.4. The lowest BCUT2D eigenvalue weighted by Crippen LogP contribution is -2.25. The van der Waals surface area contributed by atoms with E-state index in [1.807, 2.05) is 0 Å². The Labute approximate surface area is 157 Å². The lowest BCUT2D eigenvalue weighted by molar-refractivity contribution is 0.417. The Hall–Kier alpha value is -1.97. The normalized spacial score (nSPS) is 16.5. The van der Waals surface area contributed by atoms with Crippen LogP contribution in [0.1, 0.15) is 6.42 Å². The lowest BCUT2D eigenvalue weighted by atomic mass is 10.2. The van der Waals surface area contributed by atoms with Crippen LogP contribution in [-0.2, 0) is 20.0 Å². The topological polar surface area (TPSA) is 92.8 Å². The van der Waals surface area contributed by atoms with Crippen LogP contribution in [0, 0.1) is 0 Å². The van der Waals surface area contributed by atoms with Crippen molar-refractivity contribution >= 4 is 43.0 Å². The molecule has 26 heavy (non-hydrogen) atoms. The van der Waals surface area contributed by atoms with Gasteiger partial charge in [-0.1, -0.05) is 17.7 Å². The van der Waals surface area contributed by atoms with Crippen LogP contribution in [0.5, 0.6) is 5.75 Å². The number of halogens is 1.